The molecule has 0 fully saturated rings. The monoisotopic (exact) mass is 320 g/mol. The van der Waals surface area contributed by atoms with Crippen molar-refractivity contribution in [2.45, 2.75) is 13.0 Å². The Balaban J connectivity index is 1.99. The van der Waals surface area contributed by atoms with Crippen LogP contribution in [0.25, 0.3) is 0 Å². The molecule has 2 amide bonds. The van der Waals surface area contributed by atoms with E-state index in [4.69, 9.17) is 4.74 Å². The van der Waals surface area contributed by atoms with Gasteiger partial charge in [0.25, 0.3) is 6.43 Å². The van der Waals surface area contributed by atoms with Gasteiger partial charge in [-0.05, 0) is 18.2 Å². The second-order valence-electron chi connectivity index (χ2n) is 4.95. The predicted octanol–water partition coefficient (Wildman–Crippen LogP) is 3.89. The second kappa shape index (κ2) is 8.12. The third kappa shape index (κ3) is 5.25. The molecule has 0 radical (unpaired) electrons. The van der Waals surface area contributed by atoms with Crippen LogP contribution < -0.4 is 10.1 Å². The van der Waals surface area contributed by atoms with Gasteiger partial charge >= 0.3 is 6.03 Å². The number of carbonyl (C=O) groups excluding carboxylic acids is 1. The van der Waals surface area contributed by atoms with E-state index in [0.29, 0.717) is 11.5 Å². The molecule has 0 unspecified atom stereocenters. The first-order valence-electron chi connectivity index (χ1n) is 7.14. The van der Waals surface area contributed by atoms with E-state index >= 15 is 0 Å². The van der Waals surface area contributed by atoms with Gasteiger partial charge in [-0.25, -0.2) is 13.6 Å². The van der Waals surface area contributed by atoms with Crippen molar-refractivity contribution < 1.29 is 18.3 Å². The quantitative estimate of drug-likeness (QED) is 0.877. The van der Waals surface area contributed by atoms with Crippen LogP contribution >= 0.6 is 0 Å². The van der Waals surface area contributed by atoms with Crippen molar-refractivity contribution in [1.82, 2.24) is 10.2 Å². The maximum absolute atomic E-state index is 12.3. The highest BCUT2D eigenvalue weighted by atomic mass is 19.3. The first-order valence-corrected chi connectivity index (χ1v) is 7.14. The van der Waals surface area contributed by atoms with Gasteiger partial charge in [0.05, 0.1) is 6.54 Å². The molecule has 0 bridgehead atoms. The summed E-state index contributed by atoms with van der Waals surface area (Å²) in [5.41, 5.74) is 0.759. The molecule has 0 saturated heterocycles. The Labute approximate surface area is 133 Å². The molecular weight excluding hydrogens is 302 g/mol. The highest BCUT2D eigenvalue weighted by Crippen LogP contribution is 2.24. The van der Waals surface area contributed by atoms with Gasteiger partial charge in [0.2, 0.25) is 0 Å². The lowest BCUT2D eigenvalue weighted by Crippen LogP contribution is -2.39. The minimum atomic E-state index is -2.56. The molecule has 2 rings (SSSR count). The fourth-order valence-corrected chi connectivity index (χ4v) is 1.96. The van der Waals surface area contributed by atoms with E-state index in [1.165, 1.54) is 7.05 Å². The number of halogens is 2. The first-order chi connectivity index (χ1) is 11.1. The van der Waals surface area contributed by atoms with Crippen LogP contribution in [0, 0.1) is 0 Å². The fourth-order valence-electron chi connectivity index (χ4n) is 1.96. The number of rotatable bonds is 6. The maximum atomic E-state index is 12.3. The summed E-state index contributed by atoms with van der Waals surface area (Å²) >= 11 is 0. The molecule has 2 aromatic rings. The van der Waals surface area contributed by atoms with E-state index in [2.05, 4.69) is 5.32 Å². The number of benzene rings is 2. The van der Waals surface area contributed by atoms with E-state index in [9.17, 15) is 13.6 Å². The SMILES string of the molecule is CN(CC(F)F)C(=O)NCc1ccccc1Oc1ccccc1. The van der Waals surface area contributed by atoms with Crippen molar-refractivity contribution in [3.63, 3.8) is 0 Å². The molecule has 122 valence electrons. The number of nitrogens with one attached hydrogen (secondary N) is 1. The van der Waals surface area contributed by atoms with Gasteiger partial charge in [-0.1, -0.05) is 36.4 Å². The molecule has 1 N–H and O–H groups in total. The van der Waals surface area contributed by atoms with E-state index in [1.807, 2.05) is 48.5 Å². The lowest BCUT2D eigenvalue weighted by molar-refractivity contribution is 0.108. The summed E-state index contributed by atoms with van der Waals surface area (Å²) in [6.45, 7) is -0.413. The van der Waals surface area contributed by atoms with Gasteiger partial charge in [-0.3, -0.25) is 0 Å². The fraction of sp³-hybridized carbons (Fsp3) is 0.235. The van der Waals surface area contributed by atoms with Crippen LogP contribution in [0.1, 0.15) is 5.56 Å². The normalized spacial score (nSPS) is 10.4. The second-order valence-corrected chi connectivity index (χ2v) is 4.95. The average molecular weight is 320 g/mol. The number of hydrogen-bond donors (Lipinski definition) is 1. The van der Waals surface area contributed by atoms with Gasteiger partial charge in [0.1, 0.15) is 11.5 Å². The molecule has 0 saturated carbocycles. The topological polar surface area (TPSA) is 41.6 Å². The Kier molecular flexibility index (Phi) is 5.91. The lowest BCUT2D eigenvalue weighted by atomic mass is 10.2. The molecule has 0 aliphatic carbocycles. The van der Waals surface area contributed by atoms with Crippen molar-refractivity contribution in [1.29, 1.82) is 0 Å². The molecule has 4 nitrogen and oxygen atoms in total. The summed E-state index contributed by atoms with van der Waals surface area (Å²) in [5.74, 6) is 1.29. The zero-order chi connectivity index (χ0) is 16.7. The molecule has 0 aliphatic rings. The van der Waals surface area contributed by atoms with Gasteiger partial charge in [-0.2, -0.15) is 0 Å². The summed E-state index contributed by atoms with van der Waals surface area (Å²) in [6, 6.07) is 15.9. The van der Waals surface area contributed by atoms with E-state index in [-0.39, 0.29) is 6.54 Å². The van der Waals surface area contributed by atoms with Crippen molar-refractivity contribution >= 4 is 6.03 Å². The van der Waals surface area contributed by atoms with Crippen molar-refractivity contribution in [2.24, 2.45) is 0 Å². The van der Waals surface area contributed by atoms with Crippen LogP contribution in [0.4, 0.5) is 13.6 Å². The molecule has 0 spiro atoms. The van der Waals surface area contributed by atoms with Gasteiger partial charge in [0.15, 0.2) is 0 Å². The van der Waals surface area contributed by atoms with Crippen molar-refractivity contribution in [3.05, 3.63) is 60.2 Å². The summed E-state index contributed by atoms with van der Waals surface area (Å²) in [5, 5.41) is 2.60. The number of hydrogen-bond acceptors (Lipinski definition) is 2. The molecule has 0 aliphatic heterocycles. The van der Waals surface area contributed by atoms with Gasteiger partial charge < -0.3 is 15.0 Å². The van der Waals surface area contributed by atoms with Crippen LogP contribution in [0.2, 0.25) is 0 Å². The minimum Gasteiger partial charge on any atom is -0.457 e. The van der Waals surface area contributed by atoms with E-state index in [1.54, 1.807) is 6.07 Å². The van der Waals surface area contributed by atoms with Crippen LogP contribution in [0.15, 0.2) is 54.6 Å². The smallest absolute Gasteiger partial charge is 0.317 e. The molecule has 0 heterocycles. The van der Waals surface area contributed by atoms with Crippen molar-refractivity contribution in [2.75, 3.05) is 13.6 Å². The van der Waals surface area contributed by atoms with Crippen LogP contribution in [-0.4, -0.2) is 30.9 Å². The predicted molar refractivity (Wildman–Crippen MR) is 83.8 cm³/mol. The highest BCUT2D eigenvalue weighted by molar-refractivity contribution is 5.73. The average Bonchev–Trinajstić information content (AvgIpc) is 2.54. The number of ether oxygens (including phenoxy) is 1. The van der Waals surface area contributed by atoms with E-state index < -0.39 is 19.0 Å². The number of alkyl halides is 2. The largest absolute Gasteiger partial charge is 0.457 e. The van der Waals surface area contributed by atoms with Crippen LogP contribution in [0.5, 0.6) is 11.5 Å². The number of urea groups is 1. The van der Waals surface area contributed by atoms with Gasteiger partial charge in [0, 0.05) is 19.2 Å². The molecule has 0 aromatic heterocycles. The first kappa shape index (κ1) is 16.7. The summed E-state index contributed by atoms with van der Waals surface area (Å²) in [6.07, 6.45) is -2.56. The standard InChI is InChI=1S/C17H18F2N2O2/c1-21(12-16(18)19)17(22)20-11-13-7-5-6-10-15(13)23-14-8-3-2-4-9-14/h2-10,16H,11-12H2,1H3,(H,20,22). The zero-order valence-corrected chi connectivity index (χ0v) is 12.7. The minimum absolute atomic E-state index is 0.190. The number of nitrogens with zero attached hydrogens (tertiary/aromatic N) is 1. The van der Waals surface area contributed by atoms with E-state index in [0.717, 1.165) is 10.5 Å². The Hall–Kier alpha value is -2.63. The Morgan fingerprint density at radius 2 is 1.78 bits per heavy atom. The number of amides is 2. The molecule has 2 aromatic carbocycles. The van der Waals surface area contributed by atoms with Gasteiger partial charge in [-0.15, -0.1) is 0 Å². The van der Waals surface area contributed by atoms with Crippen LogP contribution in [0.3, 0.4) is 0 Å². The number of para-hydroxylation sites is 2. The summed E-state index contributed by atoms with van der Waals surface area (Å²) < 4.78 is 30.3. The highest BCUT2D eigenvalue weighted by Gasteiger charge is 2.14. The molecule has 6 heteroatoms. The van der Waals surface area contributed by atoms with Crippen LogP contribution in [-0.2, 0) is 6.54 Å². The molecular formula is C17H18F2N2O2. The Morgan fingerprint density at radius 3 is 2.48 bits per heavy atom. The number of carbonyl (C=O) groups is 1. The molecule has 0 atom stereocenters. The Bertz CT molecular complexity index is 636. The lowest BCUT2D eigenvalue weighted by Gasteiger charge is -2.18. The maximum Gasteiger partial charge on any atom is 0.317 e. The molecule has 23 heavy (non-hydrogen) atoms. The summed E-state index contributed by atoms with van der Waals surface area (Å²) in [7, 11) is 1.33. The third-order valence-electron chi connectivity index (χ3n) is 3.13. The zero-order valence-electron chi connectivity index (χ0n) is 12.7. The third-order valence-corrected chi connectivity index (χ3v) is 3.13. The van der Waals surface area contributed by atoms with Crippen molar-refractivity contribution in [3.8, 4) is 11.5 Å². The Morgan fingerprint density at radius 1 is 1.13 bits per heavy atom. The summed E-state index contributed by atoms with van der Waals surface area (Å²) in [4.78, 5) is 12.7.